The van der Waals surface area contributed by atoms with Crippen LogP contribution in [0.2, 0.25) is 0 Å². The Kier molecular flexibility index (Phi) is 8.19. The predicted molar refractivity (Wildman–Crippen MR) is 118 cm³/mol. The van der Waals surface area contributed by atoms with Crippen molar-refractivity contribution in [1.82, 2.24) is 4.72 Å². The molecule has 0 saturated carbocycles. The van der Waals surface area contributed by atoms with Crippen LogP contribution in [0.25, 0.3) is 0 Å². The first-order chi connectivity index (χ1) is 13.2. The molecule has 0 aliphatic carbocycles. The second-order valence-corrected chi connectivity index (χ2v) is 10.5. The molecule has 0 aromatic heterocycles. The van der Waals surface area contributed by atoms with E-state index in [-0.39, 0.29) is 17.2 Å². The van der Waals surface area contributed by atoms with E-state index in [0.29, 0.717) is 6.54 Å². The van der Waals surface area contributed by atoms with Gasteiger partial charge in [0.25, 0.3) is 0 Å². The lowest BCUT2D eigenvalue weighted by molar-refractivity contribution is 0.389. The summed E-state index contributed by atoms with van der Waals surface area (Å²) >= 11 is 0. The van der Waals surface area contributed by atoms with Crippen molar-refractivity contribution in [2.75, 3.05) is 31.4 Å². The minimum absolute atomic E-state index is 0.0193. The highest BCUT2D eigenvalue weighted by Gasteiger charge is 2.38. The number of benzene rings is 1. The maximum Gasteiger partial charge on any atom is 0.212 e. The van der Waals surface area contributed by atoms with Crippen LogP contribution in [0.4, 0.5) is 5.69 Å². The maximum absolute atomic E-state index is 12.7. The number of ether oxygens (including phenoxy) is 1. The van der Waals surface area contributed by atoms with Crippen LogP contribution < -0.4 is 14.4 Å². The molecule has 0 amide bonds. The average molecular weight is 411 g/mol. The van der Waals surface area contributed by atoms with E-state index in [2.05, 4.69) is 37.4 Å². The molecule has 160 valence electrons. The maximum atomic E-state index is 12.7. The lowest BCUT2D eigenvalue weighted by atomic mass is 9.80. The van der Waals surface area contributed by atoms with Crippen molar-refractivity contribution in [1.29, 1.82) is 0 Å². The Morgan fingerprint density at radius 2 is 1.86 bits per heavy atom. The summed E-state index contributed by atoms with van der Waals surface area (Å²) in [6.45, 7) is 7.07. The van der Waals surface area contributed by atoms with E-state index < -0.39 is 10.0 Å². The van der Waals surface area contributed by atoms with Gasteiger partial charge in [0.05, 0.1) is 12.9 Å². The number of hydrogen-bond acceptors (Lipinski definition) is 4. The van der Waals surface area contributed by atoms with E-state index in [9.17, 15) is 8.42 Å². The van der Waals surface area contributed by atoms with Crippen molar-refractivity contribution in [2.24, 2.45) is 0 Å². The first kappa shape index (κ1) is 23.0. The molecule has 6 heteroatoms. The minimum Gasteiger partial charge on any atom is -0.497 e. The van der Waals surface area contributed by atoms with E-state index in [0.717, 1.165) is 36.3 Å². The molecule has 0 fully saturated rings. The Morgan fingerprint density at radius 3 is 2.54 bits per heavy atom. The topological polar surface area (TPSA) is 58.6 Å². The van der Waals surface area contributed by atoms with E-state index in [1.54, 1.807) is 7.11 Å². The van der Waals surface area contributed by atoms with Gasteiger partial charge >= 0.3 is 0 Å². The molecule has 0 saturated heterocycles. The van der Waals surface area contributed by atoms with Crippen LogP contribution in [0.15, 0.2) is 18.2 Å². The van der Waals surface area contributed by atoms with Gasteiger partial charge in [-0.25, -0.2) is 13.1 Å². The van der Waals surface area contributed by atoms with E-state index >= 15 is 0 Å². The molecule has 28 heavy (non-hydrogen) atoms. The quantitative estimate of drug-likeness (QED) is 0.538. The van der Waals surface area contributed by atoms with Crippen molar-refractivity contribution in [3.8, 4) is 5.75 Å². The third-order valence-electron chi connectivity index (χ3n) is 5.97. The zero-order chi connectivity index (χ0) is 20.8. The number of unbranched alkanes of at least 4 members (excludes halogenated alkanes) is 5. The lowest BCUT2D eigenvalue weighted by Crippen LogP contribution is -2.47. The molecule has 1 N–H and O–H groups in total. The van der Waals surface area contributed by atoms with Gasteiger partial charge in [0.2, 0.25) is 10.0 Å². The number of hydrogen-bond donors (Lipinski definition) is 1. The lowest BCUT2D eigenvalue weighted by Gasteiger charge is -2.46. The predicted octanol–water partition coefficient (Wildman–Crippen LogP) is 4.68. The number of nitrogens with one attached hydrogen (secondary N) is 1. The van der Waals surface area contributed by atoms with Crippen molar-refractivity contribution in [3.05, 3.63) is 23.8 Å². The molecule has 1 unspecified atom stereocenters. The fraction of sp³-hybridized carbons (Fsp3) is 0.727. The van der Waals surface area contributed by atoms with Gasteiger partial charge in [-0.15, -0.1) is 0 Å². The summed E-state index contributed by atoms with van der Waals surface area (Å²) in [6.07, 6.45) is 7.74. The molecular formula is C22H38N2O3S. The zero-order valence-electron chi connectivity index (χ0n) is 18.3. The molecule has 1 atom stereocenters. The van der Waals surface area contributed by atoms with Crippen LogP contribution in [-0.4, -0.2) is 40.4 Å². The van der Waals surface area contributed by atoms with Crippen molar-refractivity contribution in [3.63, 3.8) is 0 Å². The molecule has 1 aromatic carbocycles. The van der Waals surface area contributed by atoms with E-state index in [4.69, 9.17) is 4.74 Å². The monoisotopic (exact) mass is 410 g/mol. The van der Waals surface area contributed by atoms with Crippen molar-refractivity contribution < 1.29 is 13.2 Å². The van der Waals surface area contributed by atoms with Gasteiger partial charge in [-0.05, 0) is 38.3 Å². The van der Waals surface area contributed by atoms with Crippen LogP contribution in [-0.2, 0) is 10.0 Å². The van der Waals surface area contributed by atoms with Gasteiger partial charge in [-0.2, -0.15) is 0 Å². The fourth-order valence-corrected chi connectivity index (χ4v) is 5.47. The van der Waals surface area contributed by atoms with Crippen LogP contribution >= 0.6 is 0 Å². The van der Waals surface area contributed by atoms with E-state index in [1.165, 1.54) is 25.7 Å². The summed E-state index contributed by atoms with van der Waals surface area (Å²) in [4.78, 5) is 2.23. The largest absolute Gasteiger partial charge is 0.497 e. The summed E-state index contributed by atoms with van der Waals surface area (Å²) in [5.41, 5.74) is 2.04. The molecule has 2 rings (SSSR count). The van der Waals surface area contributed by atoms with Gasteiger partial charge in [-0.3, -0.25) is 0 Å². The van der Waals surface area contributed by atoms with Gasteiger partial charge in [0.15, 0.2) is 0 Å². The molecule has 1 aliphatic rings. The van der Waals surface area contributed by atoms with Gasteiger partial charge in [0, 0.05) is 36.8 Å². The normalized spacial score (nSPS) is 18.8. The van der Waals surface area contributed by atoms with Crippen LogP contribution in [0.1, 0.15) is 77.2 Å². The van der Waals surface area contributed by atoms with Crippen molar-refractivity contribution in [2.45, 2.75) is 77.2 Å². The molecule has 1 aromatic rings. The standard InChI is InChI=1S/C22H38N2O3S/c1-6-7-8-9-10-11-14-23-28(25,26)17-18-16-22(2,3)24(4)21-15-19(27-5)12-13-20(18)21/h12-13,15,18,23H,6-11,14,16-17H2,1-5H3. The van der Waals surface area contributed by atoms with Gasteiger partial charge < -0.3 is 9.64 Å². The number of sulfonamides is 1. The highest BCUT2D eigenvalue weighted by molar-refractivity contribution is 7.89. The first-order valence-corrected chi connectivity index (χ1v) is 12.2. The van der Waals surface area contributed by atoms with E-state index in [1.807, 2.05) is 18.2 Å². The fourth-order valence-electron chi connectivity index (χ4n) is 4.07. The number of fused-ring (bicyclic) bond motifs is 1. The Bertz CT molecular complexity index is 731. The highest BCUT2D eigenvalue weighted by atomic mass is 32.2. The Hall–Kier alpha value is -1.27. The Labute approximate surface area is 171 Å². The number of anilines is 1. The number of nitrogens with zero attached hydrogens (tertiary/aromatic N) is 1. The highest BCUT2D eigenvalue weighted by Crippen LogP contribution is 2.44. The van der Waals surface area contributed by atoms with Crippen LogP contribution in [0, 0.1) is 0 Å². The minimum atomic E-state index is -3.30. The smallest absolute Gasteiger partial charge is 0.212 e. The second-order valence-electron chi connectivity index (χ2n) is 8.64. The third-order valence-corrected chi connectivity index (χ3v) is 7.45. The Balaban J connectivity index is 2.01. The summed E-state index contributed by atoms with van der Waals surface area (Å²) in [6, 6.07) is 5.96. The molecule has 0 spiro atoms. The number of methoxy groups -OCH3 is 1. The average Bonchev–Trinajstić information content (AvgIpc) is 2.64. The summed E-state index contributed by atoms with van der Waals surface area (Å²) in [7, 11) is 0.421. The molecule has 0 radical (unpaired) electrons. The molecule has 1 aliphatic heterocycles. The summed E-state index contributed by atoms with van der Waals surface area (Å²) < 4.78 is 33.6. The summed E-state index contributed by atoms with van der Waals surface area (Å²) in [5.74, 6) is 0.916. The zero-order valence-corrected chi connectivity index (χ0v) is 19.1. The van der Waals surface area contributed by atoms with Crippen molar-refractivity contribution >= 4 is 15.7 Å². The molecular weight excluding hydrogens is 372 g/mol. The molecule has 0 bridgehead atoms. The Morgan fingerprint density at radius 1 is 1.18 bits per heavy atom. The van der Waals surface area contributed by atoms with Crippen LogP contribution in [0.3, 0.4) is 0 Å². The second kappa shape index (κ2) is 9.97. The SMILES string of the molecule is CCCCCCCCNS(=O)(=O)CC1CC(C)(C)N(C)c2cc(OC)ccc21. The third kappa shape index (κ3) is 6.11. The molecule has 5 nitrogen and oxygen atoms in total. The van der Waals surface area contributed by atoms with Gasteiger partial charge in [-0.1, -0.05) is 45.1 Å². The number of rotatable bonds is 11. The summed E-state index contributed by atoms with van der Waals surface area (Å²) in [5, 5.41) is 0. The van der Waals surface area contributed by atoms with Crippen LogP contribution in [0.5, 0.6) is 5.75 Å². The molecule has 1 heterocycles. The van der Waals surface area contributed by atoms with Gasteiger partial charge in [0.1, 0.15) is 5.75 Å². The first-order valence-electron chi connectivity index (χ1n) is 10.6.